The van der Waals surface area contributed by atoms with Crippen molar-refractivity contribution in [2.45, 2.75) is 31.1 Å². The lowest BCUT2D eigenvalue weighted by molar-refractivity contribution is -0.116. The van der Waals surface area contributed by atoms with Crippen LogP contribution in [0.2, 0.25) is 0 Å². The monoisotopic (exact) mass is 417 g/mol. The predicted molar refractivity (Wildman–Crippen MR) is 113 cm³/mol. The standard InChI is InChI=1S/C20H23N3O3S2/c1-2-3-6-13-23(15-19(24)22-20-21-12-14-27-20)28(25,26)18-11-7-9-16-8-4-5-10-17(16)18/h4-5,7-12,14H,2-3,6,13,15H2,1H3,(H,21,22,24). The van der Waals surface area contributed by atoms with E-state index in [4.69, 9.17) is 0 Å². The summed E-state index contributed by atoms with van der Waals surface area (Å²) in [6, 6.07) is 12.6. The van der Waals surface area contributed by atoms with Gasteiger partial charge < -0.3 is 5.32 Å². The Morgan fingerprint density at radius 2 is 1.93 bits per heavy atom. The Morgan fingerprint density at radius 1 is 1.14 bits per heavy atom. The van der Waals surface area contributed by atoms with E-state index in [1.165, 1.54) is 15.6 Å². The van der Waals surface area contributed by atoms with Gasteiger partial charge in [0.2, 0.25) is 15.9 Å². The van der Waals surface area contributed by atoms with E-state index in [9.17, 15) is 13.2 Å². The van der Waals surface area contributed by atoms with Crippen molar-refractivity contribution in [1.82, 2.24) is 9.29 Å². The van der Waals surface area contributed by atoms with Crippen molar-refractivity contribution in [1.29, 1.82) is 0 Å². The largest absolute Gasteiger partial charge is 0.301 e. The summed E-state index contributed by atoms with van der Waals surface area (Å²) in [4.78, 5) is 16.7. The average molecular weight is 418 g/mol. The van der Waals surface area contributed by atoms with E-state index < -0.39 is 15.9 Å². The van der Waals surface area contributed by atoms with Crippen molar-refractivity contribution in [3.05, 3.63) is 54.0 Å². The molecule has 0 radical (unpaired) electrons. The van der Waals surface area contributed by atoms with Gasteiger partial charge in [-0.3, -0.25) is 4.79 Å². The highest BCUT2D eigenvalue weighted by Gasteiger charge is 2.28. The zero-order chi connectivity index (χ0) is 20.0. The van der Waals surface area contributed by atoms with Crippen LogP contribution >= 0.6 is 11.3 Å². The van der Waals surface area contributed by atoms with Crippen LogP contribution in [0, 0.1) is 0 Å². The minimum absolute atomic E-state index is 0.226. The summed E-state index contributed by atoms with van der Waals surface area (Å²) in [5.41, 5.74) is 0. The Balaban J connectivity index is 1.89. The SMILES string of the molecule is CCCCCN(CC(=O)Nc1nccs1)S(=O)(=O)c1cccc2ccccc12. The smallest absolute Gasteiger partial charge is 0.244 e. The Bertz CT molecular complexity index is 1030. The highest BCUT2D eigenvalue weighted by atomic mass is 32.2. The molecule has 0 atom stereocenters. The van der Waals surface area contributed by atoms with Crippen LogP contribution < -0.4 is 5.32 Å². The summed E-state index contributed by atoms with van der Waals surface area (Å²) in [7, 11) is -3.83. The number of anilines is 1. The van der Waals surface area contributed by atoms with Gasteiger partial charge in [0.1, 0.15) is 0 Å². The third kappa shape index (κ3) is 4.76. The maximum absolute atomic E-state index is 13.4. The molecule has 8 heteroatoms. The third-order valence-electron chi connectivity index (χ3n) is 4.38. The van der Waals surface area contributed by atoms with E-state index in [-0.39, 0.29) is 11.4 Å². The first kappa shape index (κ1) is 20.4. The molecule has 3 rings (SSSR count). The second-order valence-corrected chi connectivity index (χ2v) is 9.21. The molecule has 0 saturated carbocycles. The number of hydrogen-bond donors (Lipinski definition) is 1. The molecule has 0 aliphatic rings. The van der Waals surface area contributed by atoms with Crippen LogP contribution in [0.5, 0.6) is 0 Å². The molecule has 28 heavy (non-hydrogen) atoms. The van der Waals surface area contributed by atoms with Gasteiger partial charge in [-0.1, -0.05) is 56.2 Å². The summed E-state index contributed by atoms with van der Waals surface area (Å²) in [6.45, 7) is 2.11. The van der Waals surface area contributed by atoms with E-state index in [0.717, 1.165) is 18.2 Å². The van der Waals surface area contributed by atoms with E-state index in [1.54, 1.807) is 29.8 Å². The maximum Gasteiger partial charge on any atom is 0.244 e. The maximum atomic E-state index is 13.4. The molecule has 6 nitrogen and oxygen atoms in total. The fraction of sp³-hybridized carbons (Fsp3) is 0.300. The molecule has 1 N–H and O–H groups in total. The number of fused-ring (bicyclic) bond motifs is 1. The summed E-state index contributed by atoms with van der Waals surface area (Å²) in [5.74, 6) is -0.393. The quantitative estimate of drug-likeness (QED) is 0.531. The van der Waals surface area contributed by atoms with Crippen LogP contribution in [0.3, 0.4) is 0 Å². The summed E-state index contributed by atoms with van der Waals surface area (Å²) in [5, 5.41) is 6.39. The molecule has 0 aliphatic carbocycles. The molecule has 0 saturated heterocycles. The number of carbonyl (C=O) groups excluding carboxylic acids is 1. The number of aromatic nitrogens is 1. The molecule has 2 aromatic carbocycles. The first-order chi connectivity index (χ1) is 13.5. The van der Waals surface area contributed by atoms with Gasteiger partial charge in [-0.2, -0.15) is 4.31 Å². The van der Waals surface area contributed by atoms with Crippen molar-refractivity contribution in [3.8, 4) is 0 Å². The number of unbranched alkanes of at least 4 members (excludes halogenated alkanes) is 2. The van der Waals surface area contributed by atoms with Gasteiger partial charge in [-0.15, -0.1) is 11.3 Å². The molecule has 1 amide bonds. The van der Waals surface area contributed by atoms with E-state index in [2.05, 4.69) is 17.2 Å². The minimum Gasteiger partial charge on any atom is -0.301 e. The van der Waals surface area contributed by atoms with Crippen LogP contribution in [0.4, 0.5) is 5.13 Å². The number of carbonyl (C=O) groups is 1. The van der Waals surface area contributed by atoms with Crippen molar-refractivity contribution < 1.29 is 13.2 Å². The van der Waals surface area contributed by atoms with Gasteiger partial charge in [0, 0.05) is 23.5 Å². The molecule has 1 heterocycles. The minimum atomic E-state index is -3.83. The Kier molecular flexibility index (Phi) is 6.77. The fourth-order valence-corrected chi connectivity index (χ4v) is 5.18. The van der Waals surface area contributed by atoms with Crippen LogP contribution in [-0.4, -0.2) is 36.7 Å². The summed E-state index contributed by atoms with van der Waals surface area (Å²) < 4.78 is 28.1. The van der Waals surface area contributed by atoms with Gasteiger partial charge in [0.25, 0.3) is 0 Å². The normalized spacial score (nSPS) is 11.8. The molecule has 3 aromatic rings. The van der Waals surface area contributed by atoms with Gasteiger partial charge in [0.05, 0.1) is 11.4 Å². The number of sulfonamides is 1. The second-order valence-electron chi connectivity index (χ2n) is 6.41. The Morgan fingerprint density at radius 3 is 2.68 bits per heavy atom. The Hall–Kier alpha value is -2.29. The molecule has 0 bridgehead atoms. The van der Waals surface area contributed by atoms with Crippen LogP contribution in [0.25, 0.3) is 10.8 Å². The van der Waals surface area contributed by atoms with Crippen molar-refractivity contribution in [2.75, 3.05) is 18.4 Å². The van der Waals surface area contributed by atoms with Crippen molar-refractivity contribution >= 4 is 43.2 Å². The predicted octanol–water partition coefficient (Wildman–Crippen LogP) is 4.12. The lowest BCUT2D eigenvalue weighted by atomic mass is 10.1. The Labute approximate surface area is 169 Å². The molecular weight excluding hydrogens is 394 g/mol. The van der Waals surface area contributed by atoms with Crippen molar-refractivity contribution in [2.24, 2.45) is 0 Å². The topological polar surface area (TPSA) is 79.4 Å². The molecular formula is C20H23N3O3S2. The van der Waals surface area contributed by atoms with Gasteiger partial charge in [0.15, 0.2) is 5.13 Å². The molecule has 0 fully saturated rings. The van der Waals surface area contributed by atoms with E-state index >= 15 is 0 Å². The second kappa shape index (κ2) is 9.27. The fourth-order valence-electron chi connectivity index (χ4n) is 2.99. The number of nitrogens with one attached hydrogen (secondary N) is 1. The van der Waals surface area contributed by atoms with E-state index in [1.807, 2.05) is 24.3 Å². The molecule has 1 aromatic heterocycles. The number of thiazole rings is 1. The average Bonchev–Trinajstić information content (AvgIpc) is 3.19. The summed E-state index contributed by atoms with van der Waals surface area (Å²) >= 11 is 1.29. The highest BCUT2D eigenvalue weighted by molar-refractivity contribution is 7.89. The molecule has 0 unspecified atom stereocenters. The molecule has 0 aliphatic heterocycles. The zero-order valence-electron chi connectivity index (χ0n) is 15.7. The van der Waals surface area contributed by atoms with Crippen molar-refractivity contribution in [3.63, 3.8) is 0 Å². The zero-order valence-corrected chi connectivity index (χ0v) is 17.3. The van der Waals surface area contributed by atoms with Crippen LogP contribution in [0.1, 0.15) is 26.2 Å². The number of hydrogen-bond acceptors (Lipinski definition) is 5. The third-order valence-corrected chi connectivity index (χ3v) is 6.97. The first-order valence-corrected chi connectivity index (χ1v) is 11.5. The van der Waals surface area contributed by atoms with Crippen LogP contribution in [0.15, 0.2) is 58.9 Å². The molecule has 0 spiro atoms. The number of rotatable bonds is 9. The number of nitrogens with zero attached hydrogens (tertiary/aromatic N) is 2. The van der Waals surface area contributed by atoms with Gasteiger partial charge in [-0.25, -0.2) is 13.4 Å². The lowest BCUT2D eigenvalue weighted by Gasteiger charge is -2.22. The first-order valence-electron chi connectivity index (χ1n) is 9.19. The van der Waals surface area contributed by atoms with Gasteiger partial charge >= 0.3 is 0 Å². The van der Waals surface area contributed by atoms with Crippen LogP contribution in [-0.2, 0) is 14.8 Å². The summed E-state index contributed by atoms with van der Waals surface area (Å²) in [6.07, 6.45) is 4.15. The van der Waals surface area contributed by atoms with E-state index in [0.29, 0.717) is 23.5 Å². The molecule has 148 valence electrons. The highest BCUT2D eigenvalue weighted by Crippen LogP contribution is 2.26. The number of amides is 1. The number of benzene rings is 2. The lowest BCUT2D eigenvalue weighted by Crippen LogP contribution is -2.38. The van der Waals surface area contributed by atoms with Gasteiger partial charge in [-0.05, 0) is 17.9 Å².